The summed E-state index contributed by atoms with van der Waals surface area (Å²) < 4.78 is 10.3. The van der Waals surface area contributed by atoms with Crippen molar-refractivity contribution in [1.82, 2.24) is 0 Å². The molecule has 0 bridgehead atoms. The molecule has 0 saturated heterocycles. The van der Waals surface area contributed by atoms with Crippen molar-refractivity contribution in [3.8, 4) is 11.8 Å². The van der Waals surface area contributed by atoms with Crippen LogP contribution < -0.4 is 4.74 Å². The van der Waals surface area contributed by atoms with Crippen LogP contribution >= 0.6 is 0 Å². The Hall–Kier alpha value is -2.02. The molecule has 4 heteroatoms. The van der Waals surface area contributed by atoms with Gasteiger partial charge < -0.3 is 9.47 Å². The SMILES string of the molecule is CCC[C@@](C#N)(c1cccc(OC)c1)[C@H](C)CC(=O)OCC. The van der Waals surface area contributed by atoms with E-state index in [9.17, 15) is 10.1 Å². The third-order valence-electron chi connectivity index (χ3n) is 4.05. The average Bonchev–Trinajstić information content (AvgIpc) is 2.52. The summed E-state index contributed by atoms with van der Waals surface area (Å²) in [5.41, 5.74) is 0.184. The molecular formula is C18H25NO3. The molecule has 22 heavy (non-hydrogen) atoms. The third kappa shape index (κ3) is 4.00. The van der Waals surface area contributed by atoms with E-state index in [-0.39, 0.29) is 18.3 Å². The molecule has 0 aliphatic rings. The van der Waals surface area contributed by atoms with Gasteiger partial charge in [0.1, 0.15) is 5.75 Å². The number of esters is 1. The van der Waals surface area contributed by atoms with E-state index in [1.807, 2.05) is 38.1 Å². The monoisotopic (exact) mass is 303 g/mol. The number of hydrogen-bond donors (Lipinski definition) is 0. The zero-order valence-electron chi connectivity index (χ0n) is 13.9. The van der Waals surface area contributed by atoms with Crippen LogP contribution in [0.5, 0.6) is 5.75 Å². The molecule has 2 atom stereocenters. The lowest BCUT2D eigenvalue weighted by Crippen LogP contribution is -2.34. The lowest BCUT2D eigenvalue weighted by atomic mass is 9.68. The molecule has 0 radical (unpaired) electrons. The van der Waals surface area contributed by atoms with E-state index >= 15 is 0 Å². The van der Waals surface area contributed by atoms with Gasteiger partial charge in [-0.05, 0) is 37.0 Å². The summed E-state index contributed by atoms with van der Waals surface area (Å²) in [6.07, 6.45) is 1.79. The van der Waals surface area contributed by atoms with Gasteiger partial charge in [-0.3, -0.25) is 4.79 Å². The van der Waals surface area contributed by atoms with Gasteiger partial charge in [0.05, 0.1) is 25.2 Å². The molecule has 0 heterocycles. The Bertz CT molecular complexity index is 535. The summed E-state index contributed by atoms with van der Waals surface area (Å²) in [6.45, 7) is 6.13. The highest BCUT2D eigenvalue weighted by molar-refractivity contribution is 5.70. The van der Waals surface area contributed by atoms with E-state index < -0.39 is 5.41 Å². The maximum atomic E-state index is 11.8. The van der Waals surface area contributed by atoms with Gasteiger partial charge in [0, 0.05) is 6.42 Å². The molecule has 120 valence electrons. The first-order valence-corrected chi connectivity index (χ1v) is 7.75. The molecule has 0 spiro atoms. The molecule has 1 aromatic carbocycles. The predicted molar refractivity (Wildman–Crippen MR) is 85.6 cm³/mol. The molecule has 0 saturated carbocycles. The Labute approximate surface area is 133 Å². The van der Waals surface area contributed by atoms with Gasteiger partial charge >= 0.3 is 5.97 Å². The van der Waals surface area contributed by atoms with Crippen molar-refractivity contribution in [3.63, 3.8) is 0 Å². The second-order valence-electron chi connectivity index (χ2n) is 5.48. The Morgan fingerprint density at radius 3 is 2.68 bits per heavy atom. The average molecular weight is 303 g/mol. The highest BCUT2D eigenvalue weighted by atomic mass is 16.5. The fraction of sp³-hybridized carbons (Fsp3) is 0.556. The van der Waals surface area contributed by atoms with Crippen LogP contribution in [0.2, 0.25) is 0 Å². The summed E-state index contributed by atoms with van der Waals surface area (Å²) in [5.74, 6) is 0.328. The van der Waals surface area contributed by atoms with Crippen LogP contribution in [0.4, 0.5) is 0 Å². The van der Waals surface area contributed by atoms with Gasteiger partial charge in [-0.1, -0.05) is 32.4 Å². The van der Waals surface area contributed by atoms with Crippen LogP contribution in [0, 0.1) is 17.2 Å². The largest absolute Gasteiger partial charge is 0.497 e. The number of carbonyl (C=O) groups excluding carboxylic acids is 1. The lowest BCUT2D eigenvalue weighted by Gasteiger charge is -2.33. The van der Waals surface area contributed by atoms with E-state index in [1.165, 1.54) is 0 Å². The number of benzene rings is 1. The number of ether oxygens (including phenoxy) is 2. The van der Waals surface area contributed by atoms with E-state index in [4.69, 9.17) is 9.47 Å². The fourth-order valence-corrected chi connectivity index (χ4v) is 2.84. The molecule has 0 N–H and O–H groups in total. The van der Waals surface area contributed by atoms with Gasteiger partial charge in [0.25, 0.3) is 0 Å². The van der Waals surface area contributed by atoms with Crippen LogP contribution in [-0.4, -0.2) is 19.7 Å². The molecule has 0 amide bonds. The quantitative estimate of drug-likeness (QED) is 0.684. The number of methoxy groups -OCH3 is 1. The van der Waals surface area contributed by atoms with E-state index in [0.717, 1.165) is 17.7 Å². The van der Waals surface area contributed by atoms with Crippen molar-refractivity contribution in [2.24, 2.45) is 5.92 Å². The molecule has 0 aliphatic carbocycles. The number of nitriles is 1. The molecule has 1 rings (SSSR count). The van der Waals surface area contributed by atoms with E-state index in [0.29, 0.717) is 13.0 Å². The second kappa shape index (κ2) is 8.43. The van der Waals surface area contributed by atoms with Crippen molar-refractivity contribution in [2.45, 2.75) is 45.4 Å². The normalized spacial score (nSPS) is 14.5. The second-order valence-corrected chi connectivity index (χ2v) is 5.48. The number of rotatable bonds is 8. The standard InChI is InChI=1S/C18H25NO3/c1-5-10-18(13-19,14(3)11-17(20)22-6-2)15-8-7-9-16(12-15)21-4/h7-9,12,14H,5-6,10-11H2,1-4H3/t14-,18+/m1/s1. The van der Waals surface area contributed by atoms with Crippen molar-refractivity contribution in [2.75, 3.05) is 13.7 Å². The van der Waals surface area contributed by atoms with E-state index in [2.05, 4.69) is 6.07 Å². The summed E-state index contributed by atoms with van der Waals surface area (Å²) in [6, 6.07) is 10.0. The van der Waals surface area contributed by atoms with Gasteiger partial charge in [-0.15, -0.1) is 0 Å². The van der Waals surface area contributed by atoms with Crippen LogP contribution in [0.15, 0.2) is 24.3 Å². The molecular weight excluding hydrogens is 278 g/mol. The van der Waals surface area contributed by atoms with Crippen LogP contribution in [0.25, 0.3) is 0 Å². The smallest absolute Gasteiger partial charge is 0.306 e. The Balaban J connectivity index is 3.18. The van der Waals surface area contributed by atoms with Gasteiger partial charge in [-0.25, -0.2) is 0 Å². The first-order valence-electron chi connectivity index (χ1n) is 7.75. The third-order valence-corrected chi connectivity index (χ3v) is 4.05. The van der Waals surface area contributed by atoms with Crippen LogP contribution in [-0.2, 0) is 14.9 Å². The fourth-order valence-electron chi connectivity index (χ4n) is 2.84. The van der Waals surface area contributed by atoms with Gasteiger partial charge in [0.2, 0.25) is 0 Å². The molecule has 4 nitrogen and oxygen atoms in total. The molecule has 0 fully saturated rings. The number of nitrogens with zero attached hydrogens (tertiary/aromatic N) is 1. The molecule has 0 aliphatic heterocycles. The minimum absolute atomic E-state index is 0.136. The lowest BCUT2D eigenvalue weighted by molar-refractivity contribution is -0.144. The van der Waals surface area contributed by atoms with Crippen molar-refractivity contribution in [1.29, 1.82) is 5.26 Å². The summed E-state index contributed by atoms with van der Waals surface area (Å²) in [5, 5.41) is 9.89. The first-order chi connectivity index (χ1) is 10.5. The van der Waals surface area contributed by atoms with Gasteiger partial charge in [-0.2, -0.15) is 5.26 Å². The van der Waals surface area contributed by atoms with Crippen LogP contribution in [0.3, 0.4) is 0 Å². The van der Waals surface area contributed by atoms with Crippen molar-refractivity contribution in [3.05, 3.63) is 29.8 Å². The zero-order chi connectivity index (χ0) is 16.6. The minimum Gasteiger partial charge on any atom is -0.497 e. The first kappa shape index (κ1) is 18.0. The topological polar surface area (TPSA) is 59.3 Å². The summed E-state index contributed by atoms with van der Waals surface area (Å²) in [7, 11) is 1.61. The van der Waals surface area contributed by atoms with Gasteiger partial charge in [0.15, 0.2) is 0 Å². The minimum atomic E-state index is -0.712. The Kier molecular flexibility index (Phi) is 6.91. The number of hydrogen-bond acceptors (Lipinski definition) is 4. The highest BCUT2D eigenvalue weighted by Crippen LogP contribution is 2.39. The maximum absolute atomic E-state index is 11.8. The Morgan fingerprint density at radius 2 is 2.14 bits per heavy atom. The maximum Gasteiger partial charge on any atom is 0.306 e. The van der Waals surface area contributed by atoms with Crippen LogP contribution in [0.1, 0.15) is 45.6 Å². The number of carbonyl (C=O) groups is 1. The van der Waals surface area contributed by atoms with Crippen molar-refractivity contribution >= 4 is 5.97 Å². The molecule has 0 unspecified atom stereocenters. The Morgan fingerprint density at radius 1 is 1.41 bits per heavy atom. The van der Waals surface area contributed by atoms with E-state index in [1.54, 1.807) is 14.0 Å². The highest BCUT2D eigenvalue weighted by Gasteiger charge is 2.39. The van der Waals surface area contributed by atoms with Crippen molar-refractivity contribution < 1.29 is 14.3 Å². The molecule has 0 aromatic heterocycles. The molecule has 1 aromatic rings. The predicted octanol–water partition coefficient (Wildman–Crippen LogP) is 3.85. The summed E-state index contributed by atoms with van der Waals surface area (Å²) in [4.78, 5) is 11.8. The summed E-state index contributed by atoms with van der Waals surface area (Å²) >= 11 is 0. The zero-order valence-corrected chi connectivity index (χ0v) is 13.9.